The van der Waals surface area contributed by atoms with Gasteiger partial charge in [-0.3, -0.25) is 14.6 Å². The molecule has 6 nitrogen and oxygen atoms in total. The molecule has 0 radical (unpaired) electrons. The highest BCUT2D eigenvalue weighted by molar-refractivity contribution is 6.07. The van der Waals surface area contributed by atoms with Gasteiger partial charge in [0.1, 0.15) is 0 Å². The topological polar surface area (TPSA) is 65.5 Å². The summed E-state index contributed by atoms with van der Waals surface area (Å²) >= 11 is 0. The van der Waals surface area contributed by atoms with Crippen molar-refractivity contribution >= 4 is 17.5 Å². The predicted molar refractivity (Wildman–Crippen MR) is 104 cm³/mol. The molecule has 1 heterocycles. The maximum Gasteiger partial charge on any atom is 0.259 e. The summed E-state index contributed by atoms with van der Waals surface area (Å²) < 4.78 is 0. The van der Waals surface area contributed by atoms with Gasteiger partial charge in [0, 0.05) is 37.7 Å². The van der Waals surface area contributed by atoms with Crippen LogP contribution in [0.4, 0.5) is 5.69 Å². The number of amides is 2. The van der Waals surface area contributed by atoms with Gasteiger partial charge in [0.15, 0.2) is 0 Å². The van der Waals surface area contributed by atoms with Gasteiger partial charge in [-0.2, -0.15) is 0 Å². The molecule has 0 bridgehead atoms. The van der Waals surface area contributed by atoms with Gasteiger partial charge in [-0.1, -0.05) is 12.1 Å². The molecule has 0 saturated carbocycles. The molecule has 2 rings (SSSR count). The highest BCUT2D eigenvalue weighted by Crippen LogP contribution is 2.18. The third-order valence-electron chi connectivity index (χ3n) is 3.97. The third kappa shape index (κ3) is 5.13. The largest absolute Gasteiger partial charge is 0.351 e. The summed E-state index contributed by atoms with van der Waals surface area (Å²) in [6.07, 6.45) is 2.97. The normalized spacial score (nSPS) is 10.7. The van der Waals surface area contributed by atoms with E-state index in [1.807, 2.05) is 57.1 Å². The maximum atomic E-state index is 12.9. The Hall–Kier alpha value is -2.73. The fourth-order valence-corrected chi connectivity index (χ4v) is 2.57. The minimum Gasteiger partial charge on any atom is -0.351 e. The summed E-state index contributed by atoms with van der Waals surface area (Å²) in [5.74, 6) is -0.402. The predicted octanol–water partition coefficient (Wildman–Crippen LogP) is 2.35. The van der Waals surface area contributed by atoms with E-state index in [1.165, 1.54) is 12.4 Å². The molecule has 2 aromatic rings. The Balaban J connectivity index is 2.17. The molecule has 0 unspecified atom stereocenters. The number of nitrogens with zero attached hydrogens (tertiary/aromatic N) is 3. The highest BCUT2D eigenvalue weighted by atomic mass is 16.2. The van der Waals surface area contributed by atoms with Crippen LogP contribution in [0.25, 0.3) is 0 Å². The molecule has 0 saturated heterocycles. The zero-order valence-corrected chi connectivity index (χ0v) is 15.8. The van der Waals surface area contributed by atoms with Crippen molar-refractivity contribution in [3.63, 3.8) is 0 Å². The molecule has 0 atom stereocenters. The number of carbonyl (C=O) groups excluding carboxylic acids is 2. The lowest BCUT2D eigenvalue weighted by Gasteiger charge is -2.21. The average Bonchev–Trinajstić information content (AvgIpc) is 2.62. The molecule has 1 aromatic carbocycles. The van der Waals surface area contributed by atoms with Gasteiger partial charge in [-0.25, -0.2) is 0 Å². The van der Waals surface area contributed by atoms with E-state index >= 15 is 0 Å². The number of hydrogen-bond donors (Lipinski definition) is 1. The van der Waals surface area contributed by atoms with Crippen molar-refractivity contribution < 1.29 is 9.59 Å². The van der Waals surface area contributed by atoms with Gasteiger partial charge < -0.3 is 15.1 Å². The molecule has 0 aliphatic heterocycles. The Kier molecular flexibility index (Phi) is 6.86. The summed E-state index contributed by atoms with van der Waals surface area (Å²) in [6.45, 7) is 5.72. The molecule has 0 spiro atoms. The molecule has 1 aromatic heterocycles. The van der Waals surface area contributed by atoms with Crippen LogP contribution in [0.3, 0.4) is 0 Å². The minimum atomic E-state index is -0.229. The second kappa shape index (κ2) is 9.10. The van der Waals surface area contributed by atoms with Gasteiger partial charge in [0.05, 0.1) is 11.1 Å². The summed E-state index contributed by atoms with van der Waals surface area (Å²) in [4.78, 5) is 32.9. The van der Waals surface area contributed by atoms with Crippen molar-refractivity contribution in [2.24, 2.45) is 0 Å². The molecule has 6 heteroatoms. The summed E-state index contributed by atoms with van der Waals surface area (Å²) in [6, 6.07) is 9.38. The van der Waals surface area contributed by atoms with E-state index in [0.29, 0.717) is 24.2 Å². The second-order valence-corrected chi connectivity index (χ2v) is 6.41. The first kappa shape index (κ1) is 19.6. The van der Waals surface area contributed by atoms with E-state index in [2.05, 4.69) is 10.3 Å². The van der Waals surface area contributed by atoms with Crippen LogP contribution in [0.5, 0.6) is 0 Å². The van der Waals surface area contributed by atoms with Crippen LogP contribution in [-0.4, -0.2) is 55.4 Å². The molecule has 1 N–H and O–H groups in total. The number of likely N-dealkylation sites (N-methyl/N-ethyl adjacent to an activating group) is 1. The number of nitrogens with one attached hydrogen (secondary N) is 1. The maximum absolute atomic E-state index is 12.9. The van der Waals surface area contributed by atoms with Crippen LogP contribution >= 0.6 is 0 Å². The van der Waals surface area contributed by atoms with Gasteiger partial charge in [0.25, 0.3) is 11.8 Å². The van der Waals surface area contributed by atoms with Crippen LogP contribution in [0, 0.1) is 6.92 Å². The van der Waals surface area contributed by atoms with Crippen LogP contribution in [0.1, 0.15) is 33.2 Å². The van der Waals surface area contributed by atoms with Gasteiger partial charge in [-0.05, 0) is 51.7 Å². The number of rotatable bonds is 7. The molecule has 0 aliphatic carbocycles. The van der Waals surface area contributed by atoms with Crippen LogP contribution < -0.4 is 10.2 Å². The van der Waals surface area contributed by atoms with Gasteiger partial charge in [-0.15, -0.1) is 0 Å². The third-order valence-corrected chi connectivity index (χ3v) is 3.97. The fraction of sp³-hybridized carbons (Fsp3) is 0.350. The lowest BCUT2D eigenvalue weighted by Crippen LogP contribution is -2.32. The first-order valence-corrected chi connectivity index (χ1v) is 8.69. The van der Waals surface area contributed by atoms with E-state index < -0.39 is 0 Å². The SMILES string of the molecule is CCN(C(=O)c1cncc(C(=O)NCCN(C)C)c1)c1cccc(C)c1. The van der Waals surface area contributed by atoms with Gasteiger partial charge in [0.2, 0.25) is 0 Å². The van der Waals surface area contributed by atoms with E-state index in [1.54, 1.807) is 11.0 Å². The Morgan fingerprint density at radius 3 is 2.50 bits per heavy atom. The van der Waals surface area contributed by atoms with Gasteiger partial charge >= 0.3 is 0 Å². The van der Waals surface area contributed by atoms with E-state index in [0.717, 1.165) is 17.8 Å². The smallest absolute Gasteiger partial charge is 0.259 e. The van der Waals surface area contributed by atoms with Crippen molar-refractivity contribution in [2.75, 3.05) is 38.6 Å². The minimum absolute atomic E-state index is 0.173. The van der Waals surface area contributed by atoms with E-state index in [-0.39, 0.29) is 11.8 Å². The number of hydrogen-bond acceptors (Lipinski definition) is 4. The second-order valence-electron chi connectivity index (χ2n) is 6.41. The number of aromatic nitrogens is 1. The first-order valence-electron chi connectivity index (χ1n) is 8.69. The molecular weight excluding hydrogens is 328 g/mol. The number of anilines is 1. The number of carbonyl (C=O) groups is 2. The molecule has 0 aliphatic rings. The van der Waals surface area contributed by atoms with E-state index in [9.17, 15) is 9.59 Å². The fourth-order valence-electron chi connectivity index (χ4n) is 2.57. The lowest BCUT2D eigenvalue weighted by atomic mass is 10.1. The zero-order valence-electron chi connectivity index (χ0n) is 15.8. The Bertz CT molecular complexity index is 774. The molecule has 0 fully saturated rings. The van der Waals surface area contributed by atoms with Crippen molar-refractivity contribution in [1.82, 2.24) is 15.2 Å². The number of aryl methyl sites for hydroxylation is 1. The van der Waals surface area contributed by atoms with Crippen LogP contribution in [-0.2, 0) is 0 Å². The molecule has 26 heavy (non-hydrogen) atoms. The molecular formula is C20H26N4O2. The molecule has 138 valence electrons. The number of benzene rings is 1. The summed E-state index contributed by atoms with van der Waals surface area (Å²) in [5, 5.41) is 2.83. The van der Waals surface area contributed by atoms with Crippen molar-refractivity contribution in [1.29, 1.82) is 0 Å². The Labute approximate surface area is 154 Å². The first-order chi connectivity index (χ1) is 12.4. The highest BCUT2D eigenvalue weighted by Gasteiger charge is 2.18. The Morgan fingerprint density at radius 1 is 1.12 bits per heavy atom. The monoisotopic (exact) mass is 354 g/mol. The number of pyridine rings is 1. The summed E-state index contributed by atoms with van der Waals surface area (Å²) in [5.41, 5.74) is 2.70. The average molecular weight is 354 g/mol. The van der Waals surface area contributed by atoms with Crippen molar-refractivity contribution in [3.8, 4) is 0 Å². The van der Waals surface area contributed by atoms with Crippen molar-refractivity contribution in [3.05, 3.63) is 59.4 Å². The lowest BCUT2D eigenvalue weighted by molar-refractivity contribution is 0.0950. The zero-order chi connectivity index (χ0) is 19.1. The van der Waals surface area contributed by atoms with E-state index in [4.69, 9.17) is 0 Å². The van der Waals surface area contributed by atoms with Crippen LogP contribution in [0.2, 0.25) is 0 Å². The standard InChI is InChI=1S/C20H26N4O2/c1-5-24(18-8-6-7-15(2)11-18)20(26)17-12-16(13-21-14-17)19(25)22-9-10-23(3)4/h6-8,11-14H,5,9-10H2,1-4H3,(H,22,25). The quantitative estimate of drug-likeness (QED) is 0.829. The Morgan fingerprint density at radius 2 is 1.85 bits per heavy atom. The van der Waals surface area contributed by atoms with Crippen LogP contribution in [0.15, 0.2) is 42.7 Å². The summed E-state index contributed by atoms with van der Waals surface area (Å²) in [7, 11) is 3.88. The van der Waals surface area contributed by atoms with Crippen molar-refractivity contribution in [2.45, 2.75) is 13.8 Å². The molecule has 2 amide bonds.